The number of hydrogen-bond acceptors (Lipinski definition) is 2. The van der Waals surface area contributed by atoms with Gasteiger partial charge in [-0.05, 0) is 43.9 Å². The highest BCUT2D eigenvalue weighted by molar-refractivity contribution is 5.03. The van der Waals surface area contributed by atoms with E-state index in [1.165, 1.54) is 25.7 Å². The van der Waals surface area contributed by atoms with Gasteiger partial charge in [-0.1, -0.05) is 45.8 Å². The van der Waals surface area contributed by atoms with Crippen LogP contribution in [0.1, 0.15) is 66.7 Å². The predicted octanol–water partition coefficient (Wildman–Crippen LogP) is 5.18. The van der Waals surface area contributed by atoms with Crippen LogP contribution in [-0.2, 0) is 9.47 Å². The summed E-state index contributed by atoms with van der Waals surface area (Å²) in [6.07, 6.45) is 8.53. The third kappa shape index (κ3) is 4.32. The van der Waals surface area contributed by atoms with E-state index < -0.39 is 0 Å². The normalized spacial score (nSPS) is 36.9. The van der Waals surface area contributed by atoms with Gasteiger partial charge < -0.3 is 9.47 Å². The molecule has 0 amide bonds. The fourth-order valence-electron chi connectivity index (χ4n) is 3.57. The van der Waals surface area contributed by atoms with Gasteiger partial charge in [0.15, 0.2) is 6.29 Å². The zero-order chi connectivity index (χ0) is 15.5. The molecule has 21 heavy (non-hydrogen) atoms. The lowest BCUT2D eigenvalue weighted by atomic mass is 9.77. The summed E-state index contributed by atoms with van der Waals surface area (Å²) in [6, 6.07) is 0. The molecule has 0 aromatic rings. The van der Waals surface area contributed by atoms with E-state index in [0.717, 1.165) is 25.6 Å². The second-order valence-corrected chi connectivity index (χ2v) is 7.81. The smallest absolute Gasteiger partial charge is 0.157 e. The van der Waals surface area contributed by atoms with Crippen LogP contribution in [-0.4, -0.2) is 19.5 Å². The molecule has 122 valence electrons. The van der Waals surface area contributed by atoms with Gasteiger partial charge in [-0.15, -0.1) is 0 Å². The van der Waals surface area contributed by atoms with E-state index in [2.05, 4.69) is 40.7 Å². The van der Waals surface area contributed by atoms with Gasteiger partial charge in [0.2, 0.25) is 0 Å². The maximum Gasteiger partial charge on any atom is 0.157 e. The summed E-state index contributed by atoms with van der Waals surface area (Å²) in [5.74, 6) is 2.15. The van der Waals surface area contributed by atoms with Crippen LogP contribution in [0.15, 0.2) is 11.6 Å². The van der Waals surface area contributed by atoms with E-state index >= 15 is 0 Å². The largest absolute Gasteiger partial charge is 0.352 e. The predicted molar refractivity (Wildman–Crippen MR) is 88.1 cm³/mol. The third-order valence-electron chi connectivity index (χ3n) is 6.05. The summed E-state index contributed by atoms with van der Waals surface area (Å²) in [6.45, 7) is 13.2. The minimum absolute atomic E-state index is 0.0177. The molecule has 2 heteroatoms. The van der Waals surface area contributed by atoms with E-state index in [0.29, 0.717) is 11.8 Å². The number of hydrogen-bond donors (Lipinski definition) is 0. The zero-order valence-electron chi connectivity index (χ0n) is 14.7. The Morgan fingerprint density at radius 2 is 1.95 bits per heavy atom. The first-order chi connectivity index (χ1) is 9.94. The van der Waals surface area contributed by atoms with Crippen molar-refractivity contribution in [3.63, 3.8) is 0 Å². The molecular weight excluding hydrogens is 260 g/mol. The summed E-state index contributed by atoms with van der Waals surface area (Å²) in [5.41, 5.74) is 1.76. The van der Waals surface area contributed by atoms with E-state index in [-0.39, 0.29) is 11.7 Å². The molecule has 0 saturated carbocycles. The Bertz CT molecular complexity index is 353. The van der Waals surface area contributed by atoms with Crippen molar-refractivity contribution in [1.29, 1.82) is 0 Å². The van der Waals surface area contributed by atoms with Gasteiger partial charge in [-0.3, -0.25) is 0 Å². The quantitative estimate of drug-likeness (QED) is 0.650. The minimum atomic E-state index is 0.0177. The molecule has 0 aromatic carbocycles. The molecule has 0 radical (unpaired) electrons. The second kappa shape index (κ2) is 7.28. The monoisotopic (exact) mass is 294 g/mol. The van der Waals surface area contributed by atoms with Gasteiger partial charge in [-0.25, -0.2) is 0 Å². The van der Waals surface area contributed by atoms with Gasteiger partial charge in [0.1, 0.15) is 0 Å². The second-order valence-electron chi connectivity index (χ2n) is 7.81. The van der Waals surface area contributed by atoms with Crippen molar-refractivity contribution in [2.45, 2.75) is 73.0 Å². The lowest BCUT2D eigenvalue weighted by Crippen LogP contribution is -2.44. The van der Waals surface area contributed by atoms with E-state index in [4.69, 9.17) is 9.47 Å². The van der Waals surface area contributed by atoms with Gasteiger partial charge >= 0.3 is 0 Å². The van der Waals surface area contributed by atoms with Crippen molar-refractivity contribution in [2.75, 3.05) is 13.2 Å². The first-order valence-corrected chi connectivity index (χ1v) is 8.83. The molecule has 1 aliphatic heterocycles. The molecule has 0 spiro atoms. The number of ether oxygens (including phenoxy) is 2. The van der Waals surface area contributed by atoms with Crippen LogP contribution in [0.4, 0.5) is 0 Å². The van der Waals surface area contributed by atoms with Crippen LogP contribution in [0.5, 0.6) is 0 Å². The van der Waals surface area contributed by atoms with E-state index in [9.17, 15) is 0 Å². The van der Waals surface area contributed by atoms with Crippen LogP contribution in [0.2, 0.25) is 0 Å². The molecule has 0 N–H and O–H groups in total. The molecule has 1 fully saturated rings. The summed E-state index contributed by atoms with van der Waals surface area (Å²) < 4.78 is 12.1. The van der Waals surface area contributed by atoms with Crippen molar-refractivity contribution in [3.8, 4) is 0 Å². The topological polar surface area (TPSA) is 18.5 Å². The Hall–Kier alpha value is -0.340. The highest BCUT2D eigenvalue weighted by Gasteiger charge is 2.37. The molecule has 2 nitrogen and oxygen atoms in total. The maximum atomic E-state index is 6.06. The molecule has 2 rings (SSSR count). The summed E-state index contributed by atoms with van der Waals surface area (Å²) in [5, 5.41) is 0. The van der Waals surface area contributed by atoms with Gasteiger partial charge in [0.25, 0.3) is 0 Å². The molecular formula is C19H34O2. The molecule has 1 aliphatic carbocycles. The molecule has 3 unspecified atom stereocenters. The summed E-state index contributed by atoms with van der Waals surface area (Å²) in [7, 11) is 0. The molecule has 3 atom stereocenters. The Kier molecular flexibility index (Phi) is 5.90. The zero-order valence-corrected chi connectivity index (χ0v) is 14.7. The van der Waals surface area contributed by atoms with Gasteiger partial charge in [-0.2, -0.15) is 0 Å². The van der Waals surface area contributed by atoms with Crippen molar-refractivity contribution in [2.24, 2.45) is 23.2 Å². The van der Waals surface area contributed by atoms with Gasteiger partial charge in [0, 0.05) is 11.8 Å². The van der Waals surface area contributed by atoms with Crippen molar-refractivity contribution >= 4 is 0 Å². The van der Waals surface area contributed by atoms with Crippen molar-refractivity contribution < 1.29 is 9.47 Å². The average Bonchev–Trinajstić information content (AvgIpc) is 2.49. The lowest BCUT2D eigenvalue weighted by molar-refractivity contribution is -0.242. The highest BCUT2D eigenvalue weighted by Crippen LogP contribution is 2.37. The van der Waals surface area contributed by atoms with E-state index in [1.807, 2.05) is 0 Å². The molecule has 0 bridgehead atoms. The maximum absolute atomic E-state index is 6.06. The van der Waals surface area contributed by atoms with Crippen LogP contribution in [0, 0.1) is 23.2 Å². The molecule has 2 aliphatic rings. The fourth-order valence-corrected chi connectivity index (χ4v) is 3.57. The van der Waals surface area contributed by atoms with Gasteiger partial charge in [0.05, 0.1) is 13.2 Å². The van der Waals surface area contributed by atoms with Crippen LogP contribution >= 0.6 is 0 Å². The Balaban J connectivity index is 1.78. The fraction of sp³-hybridized carbons (Fsp3) is 0.895. The highest BCUT2D eigenvalue weighted by atomic mass is 16.7. The van der Waals surface area contributed by atoms with Crippen LogP contribution in [0.3, 0.4) is 0 Å². The molecule has 1 heterocycles. The van der Waals surface area contributed by atoms with E-state index in [1.54, 1.807) is 5.57 Å². The van der Waals surface area contributed by atoms with Crippen LogP contribution in [0.25, 0.3) is 0 Å². The standard InChI is InChI=1S/C19H34O2/c1-6-16(4)19(5)12-20-18(21-13-19)11-15(3)17-9-7-14(2)8-10-17/h7,15-18H,6,8-13H2,1-5H3. The summed E-state index contributed by atoms with van der Waals surface area (Å²) >= 11 is 0. The lowest BCUT2D eigenvalue weighted by Gasteiger charge is -2.42. The Labute approximate surface area is 131 Å². The van der Waals surface area contributed by atoms with Crippen molar-refractivity contribution in [1.82, 2.24) is 0 Å². The Morgan fingerprint density at radius 3 is 2.48 bits per heavy atom. The summed E-state index contributed by atoms with van der Waals surface area (Å²) in [4.78, 5) is 0. The molecule has 1 saturated heterocycles. The van der Waals surface area contributed by atoms with Crippen molar-refractivity contribution in [3.05, 3.63) is 11.6 Å². The Morgan fingerprint density at radius 1 is 1.29 bits per heavy atom. The minimum Gasteiger partial charge on any atom is -0.352 e. The van der Waals surface area contributed by atoms with Crippen LogP contribution < -0.4 is 0 Å². The SMILES string of the molecule is CCC(C)C1(C)COC(CC(C)C2CC=C(C)CC2)OC1. The average molecular weight is 294 g/mol. The first-order valence-electron chi connectivity index (χ1n) is 8.83. The number of allylic oxidation sites excluding steroid dienone is 2. The third-order valence-corrected chi connectivity index (χ3v) is 6.05. The first kappa shape index (κ1) is 17.0. The number of rotatable bonds is 5. The molecule has 0 aromatic heterocycles.